The topological polar surface area (TPSA) is 86.6 Å². The van der Waals surface area contributed by atoms with Crippen LogP contribution in [0, 0.1) is 5.92 Å². The maximum absolute atomic E-state index is 10.9. The summed E-state index contributed by atoms with van der Waals surface area (Å²) >= 11 is 5.33. The Morgan fingerprint density at radius 2 is 2.07 bits per heavy atom. The number of carbonyl (C=O) groups excluding carboxylic acids is 1. The molecule has 0 aliphatic carbocycles. The van der Waals surface area contributed by atoms with Gasteiger partial charge < -0.3 is 15.5 Å². The molecule has 0 heterocycles. The molecule has 0 bridgehead atoms. The molecule has 1 amide bonds. The smallest absolute Gasteiger partial charge is 0.303 e. The van der Waals surface area contributed by atoms with Crippen LogP contribution < -0.4 is 5.32 Å². The Labute approximate surface area is 87.1 Å². The molecule has 82 valence electrons. The van der Waals surface area contributed by atoms with Gasteiger partial charge >= 0.3 is 5.97 Å². The number of carboxylic acids is 1. The van der Waals surface area contributed by atoms with Crippen molar-refractivity contribution in [1.82, 2.24) is 5.32 Å². The van der Waals surface area contributed by atoms with Crippen LogP contribution in [0.3, 0.4) is 0 Å². The zero-order valence-electron chi connectivity index (χ0n) is 7.70. The average Bonchev–Trinajstić information content (AvgIpc) is 2.12. The van der Waals surface area contributed by atoms with Crippen molar-refractivity contribution in [1.29, 1.82) is 0 Å². The van der Waals surface area contributed by atoms with Crippen molar-refractivity contribution >= 4 is 23.5 Å². The van der Waals surface area contributed by atoms with Gasteiger partial charge in [-0.15, -0.1) is 11.6 Å². The number of alkyl halides is 1. The van der Waals surface area contributed by atoms with Crippen molar-refractivity contribution in [2.45, 2.75) is 12.8 Å². The molecule has 3 N–H and O–H groups in total. The number of aliphatic hydroxyl groups excluding tert-OH is 1. The highest BCUT2D eigenvalue weighted by Crippen LogP contribution is 2.00. The summed E-state index contributed by atoms with van der Waals surface area (Å²) in [5.74, 6) is -1.43. The van der Waals surface area contributed by atoms with E-state index in [0.717, 1.165) is 0 Å². The van der Waals surface area contributed by atoms with Gasteiger partial charge in [-0.3, -0.25) is 9.59 Å². The molecule has 0 saturated heterocycles. The Hall–Kier alpha value is -0.810. The van der Waals surface area contributed by atoms with Crippen molar-refractivity contribution in [2.24, 2.45) is 5.92 Å². The van der Waals surface area contributed by atoms with E-state index in [1.807, 2.05) is 0 Å². The molecule has 0 aliphatic heterocycles. The molecular formula is C8H14ClNO4. The fourth-order valence-electron chi connectivity index (χ4n) is 0.881. The Balaban J connectivity index is 3.71. The fraction of sp³-hybridized carbons (Fsp3) is 0.750. The average molecular weight is 224 g/mol. The monoisotopic (exact) mass is 223 g/mol. The van der Waals surface area contributed by atoms with E-state index in [9.17, 15) is 9.59 Å². The minimum atomic E-state index is -0.990. The molecule has 14 heavy (non-hydrogen) atoms. The third-order valence-electron chi connectivity index (χ3n) is 1.63. The van der Waals surface area contributed by atoms with Crippen LogP contribution in [-0.4, -0.2) is 41.1 Å². The molecule has 0 spiro atoms. The van der Waals surface area contributed by atoms with Crippen molar-refractivity contribution in [2.75, 3.05) is 19.0 Å². The summed E-state index contributed by atoms with van der Waals surface area (Å²) < 4.78 is 0. The number of rotatable bonds is 7. The molecule has 1 atom stereocenters. The van der Waals surface area contributed by atoms with Crippen molar-refractivity contribution < 1.29 is 19.8 Å². The maximum atomic E-state index is 10.9. The first kappa shape index (κ1) is 13.2. The van der Waals surface area contributed by atoms with E-state index in [0.29, 0.717) is 0 Å². The van der Waals surface area contributed by atoms with E-state index in [-0.39, 0.29) is 37.8 Å². The summed E-state index contributed by atoms with van der Waals surface area (Å²) in [6, 6.07) is 0. The lowest BCUT2D eigenvalue weighted by Crippen LogP contribution is -2.32. The molecule has 0 radical (unpaired) electrons. The van der Waals surface area contributed by atoms with Crippen LogP contribution >= 0.6 is 11.6 Å². The first-order valence-electron chi connectivity index (χ1n) is 4.25. The number of carboxylic acid groups (broad SMARTS) is 1. The Morgan fingerprint density at radius 1 is 1.43 bits per heavy atom. The predicted molar refractivity (Wildman–Crippen MR) is 51.2 cm³/mol. The van der Waals surface area contributed by atoms with E-state index in [1.54, 1.807) is 0 Å². The lowest BCUT2D eigenvalue weighted by atomic mass is 10.1. The lowest BCUT2D eigenvalue weighted by Gasteiger charge is -2.12. The third kappa shape index (κ3) is 6.68. The molecule has 6 heteroatoms. The Morgan fingerprint density at radius 3 is 2.50 bits per heavy atom. The SMILES string of the molecule is O=C(O)CC(CO)CNC(=O)CCCl. The van der Waals surface area contributed by atoms with E-state index in [1.165, 1.54) is 0 Å². The first-order valence-corrected chi connectivity index (χ1v) is 4.79. The van der Waals surface area contributed by atoms with Gasteiger partial charge in [-0.25, -0.2) is 0 Å². The van der Waals surface area contributed by atoms with Crippen molar-refractivity contribution in [3.8, 4) is 0 Å². The summed E-state index contributed by atoms with van der Waals surface area (Å²) in [4.78, 5) is 21.2. The second kappa shape index (κ2) is 7.58. The van der Waals surface area contributed by atoms with Crippen LogP contribution in [0.2, 0.25) is 0 Å². The molecular weight excluding hydrogens is 210 g/mol. The normalized spacial score (nSPS) is 12.1. The summed E-state index contributed by atoms with van der Waals surface area (Å²) in [6.45, 7) is -0.0913. The van der Waals surface area contributed by atoms with Crippen LogP contribution in [0.5, 0.6) is 0 Å². The van der Waals surface area contributed by atoms with Gasteiger partial charge in [0.15, 0.2) is 0 Å². The molecule has 0 aromatic carbocycles. The third-order valence-corrected chi connectivity index (χ3v) is 1.82. The second-order valence-corrected chi connectivity index (χ2v) is 3.27. The van der Waals surface area contributed by atoms with Crippen LogP contribution in [0.25, 0.3) is 0 Å². The van der Waals surface area contributed by atoms with Gasteiger partial charge in [-0.05, 0) is 0 Å². The number of hydrogen-bond acceptors (Lipinski definition) is 3. The van der Waals surface area contributed by atoms with Gasteiger partial charge in [0.05, 0.1) is 6.42 Å². The maximum Gasteiger partial charge on any atom is 0.303 e. The summed E-state index contributed by atoms with van der Waals surface area (Å²) in [5.41, 5.74) is 0. The fourth-order valence-corrected chi connectivity index (χ4v) is 1.05. The number of halogens is 1. The number of aliphatic hydroxyl groups is 1. The minimum absolute atomic E-state index is 0.155. The highest BCUT2D eigenvalue weighted by molar-refractivity contribution is 6.18. The quantitative estimate of drug-likeness (QED) is 0.523. The zero-order chi connectivity index (χ0) is 11.0. The van der Waals surface area contributed by atoms with Crippen LogP contribution in [0.4, 0.5) is 0 Å². The lowest BCUT2D eigenvalue weighted by molar-refractivity contribution is -0.138. The van der Waals surface area contributed by atoms with Gasteiger partial charge in [-0.1, -0.05) is 0 Å². The number of aliphatic carboxylic acids is 1. The van der Waals surface area contributed by atoms with Gasteiger partial charge in [0, 0.05) is 31.4 Å². The highest BCUT2D eigenvalue weighted by Gasteiger charge is 2.12. The van der Waals surface area contributed by atoms with Gasteiger partial charge in [-0.2, -0.15) is 0 Å². The summed E-state index contributed by atoms with van der Waals surface area (Å²) in [7, 11) is 0. The van der Waals surface area contributed by atoms with Crippen LogP contribution in [0.15, 0.2) is 0 Å². The first-order chi connectivity index (χ1) is 6.60. The van der Waals surface area contributed by atoms with Crippen molar-refractivity contribution in [3.63, 3.8) is 0 Å². The Bertz CT molecular complexity index is 198. The standard InChI is InChI=1S/C8H14ClNO4/c9-2-1-7(12)10-4-6(5-11)3-8(13)14/h6,11H,1-5H2,(H,10,12)(H,13,14). The Kier molecular flexibility index (Phi) is 7.14. The number of hydrogen-bond donors (Lipinski definition) is 3. The van der Waals surface area contributed by atoms with Crippen LogP contribution in [0.1, 0.15) is 12.8 Å². The molecule has 0 aromatic rings. The summed E-state index contributed by atoms with van der Waals surface area (Å²) in [6.07, 6.45) is 0.0461. The van der Waals surface area contributed by atoms with Crippen LogP contribution in [-0.2, 0) is 9.59 Å². The largest absolute Gasteiger partial charge is 0.481 e. The van der Waals surface area contributed by atoms with E-state index < -0.39 is 11.9 Å². The number of nitrogens with one attached hydrogen (secondary N) is 1. The second-order valence-electron chi connectivity index (χ2n) is 2.89. The number of carbonyl (C=O) groups is 2. The number of amides is 1. The van der Waals surface area contributed by atoms with E-state index in [4.69, 9.17) is 21.8 Å². The molecule has 1 unspecified atom stereocenters. The zero-order valence-corrected chi connectivity index (χ0v) is 8.46. The van der Waals surface area contributed by atoms with E-state index in [2.05, 4.69) is 5.32 Å². The highest BCUT2D eigenvalue weighted by atomic mass is 35.5. The summed E-state index contributed by atoms with van der Waals surface area (Å²) in [5, 5.41) is 19.7. The molecule has 0 rings (SSSR count). The van der Waals surface area contributed by atoms with E-state index >= 15 is 0 Å². The van der Waals surface area contributed by atoms with Crippen molar-refractivity contribution in [3.05, 3.63) is 0 Å². The molecule has 5 nitrogen and oxygen atoms in total. The van der Waals surface area contributed by atoms with Gasteiger partial charge in [0.25, 0.3) is 0 Å². The predicted octanol–water partition coefficient (Wildman–Crippen LogP) is -0.185. The molecule has 0 saturated carbocycles. The van der Waals surface area contributed by atoms with Gasteiger partial charge in [0.2, 0.25) is 5.91 Å². The molecule has 0 aromatic heterocycles. The molecule has 0 aliphatic rings. The molecule has 0 fully saturated rings. The van der Waals surface area contributed by atoms with Gasteiger partial charge in [0.1, 0.15) is 0 Å². The minimum Gasteiger partial charge on any atom is -0.481 e.